The number of benzene rings is 1. The molecule has 3 nitrogen and oxygen atoms in total. The Morgan fingerprint density at radius 3 is 2.88 bits per heavy atom. The van der Waals surface area contributed by atoms with Crippen LogP contribution in [0.3, 0.4) is 0 Å². The summed E-state index contributed by atoms with van der Waals surface area (Å²) in [6.45, 7) is 0.706. The third kappa shape index (κ3) is 2.43. The van der Waals surface area contributed by atoms with Crippen molar-refractivity contribution < 1.29 is 0 Å². The van der Waals surface area contributed by atoms with Crippen molar-refractivity contribution in [3.05, 3.63) is 47.2 Å². The van der Waals surface area contributed by atoms with Crippen molar-refractivity contribution in [3.8, 4) is 5.69 Å². The van der Waals surface area contributed by atoms with Gasteiger partial charge in [-0.25, -0.2) is 4.68 Å². The van der Waals surface area contributed by atoms with Gasteiger partial charge in [0.2, 0.25) is 0 Å². The Morgan fingerprint density at radius 1 is 1.31 bits per heavy atom. The number of aromatic nitrogens is 2. The van der Waals surface area contributed by atoms with E-state index in [0.29, 0.717) is 11.6 Å². The van der Waals surface area contributed by atoms with Crippen molar-refractivity contribution in [1.82, 2.24) is 9.78 Å². The zero-order chi connectivity index (χ0) is 11.4. The quantitative estimate of drug-likeness (QED) is 0.885. The average molecular weight is 236 g/mol. The number of nitrogens with zero attached hydrogens (tertiary/aromatic N) is 2. The number of rotatable bonds is 4. The van der Waals surface area contributed by atoms with Crippen molar-refractivity contribution in [2.75, 3.05) is 6.54 Å². The lowest BCUT2D eigenvalue weighted by atomic mass is 10.2. The molecular formula is C12H14ClN3. The minimum atomic E-state index is 0.705. The zero-order valence-corrected chi connectivity index (χ0v) is 9.69. The Labute approximate surface area is 99.8 Å². The maximum absolute atomic E-state index is 6.09. The van der Waals surface area contributed by atoms with Gasteiger partial charge in [-0.1, -0.05) is 23.7 Å². The first-order valence-corrected chi connectivity index (χ1v) is 5.67. The van der Waals surface area contributed by atoms with Gasteiger partial charge in [-0.15, -0.1) is 0 Å². The second-order valence-corrected chi connectivity index (χ2v) is 4.04. The summed E-state index contributed by atoms with van der Waals surface area (Å²) >= 11 is 6.09. The molecule has 0 saturated heterocycles. The van der Waals surface area contributed by atoms with Crippen LogP contribution in [0.4, 0.5) is 0 Å². The van der Waals surface area contributed by atoms with Crippen LogP contribution >= 0.6 is 11.6 Å². The summed E-state index contributed by atoms with van der Waals surface area (Å²) in [4.78, 5) is 0. The minimum Gasteiger partial charge on any atom is -0.330 e. The highest BCUT2D eigenvalue weighted by molar-refractivity contribution is 6.32. The van der Waals surface area contributed by atoms with Crippen LogP contribution in [0.25, 0.3) is 5.69 Å². The first kappa shape index (κ1) is 11.2. The summed E-state index contributed by atoms with van der Waals surface area (Å²) in [5.41, 5.74) is 7.56. The first-order valence-electron chi connectivity index (χ1n) is 5.30. The topological polar surface area (TPSA) is 43.8 Å². The van der Waals surface area contributed by atoms with Gasteiger partial charge in [-0.2, -0.15) is 5.10 Å². The van der Waals surface area contributed by atoms with Gasteiger partial charge in [0.1, 0.15) is 0 Å². The van der Waals surface area contributed by atoms with Crippen molar-refractivity contribution in [1.29, 1.82) is 0 Å². The molecule has 1 heterocycles. The predicted molar refractivity (Wildman–Crippen MR) is 65.9 cm³/mol. The van der Waals surface area contributed by atoms with E-state index < -0.39 is 0 Å². The van der Waals surface area contributed by atoms with E-state index in [-0.39, 0.29) is 0 Å². The van der Waals surface area contributed by atoms with Gasteiger partial charge < -0.3 is 5.73 Å². The van der Waals surface area contributed by atoms with E-state index in [1.54, 1.807) is 4.68 Å². The lowest BCUT2D eigenvalue weighted by molar-refractivity contribution is 0.831. The summed E-state index contributed by atoms with van der Waals surface area (Å²) in [5.74, 6) is 0. The second-order valence-electron chi connectivity index (χ2n) is 3.64. The zero-order valence-electron chi connectivity index (χ0n) is 8.94. The maximum atomic E-state index is 6.09. The van der Waals surface area contributed by atoms with Gasteiger partial charge in [0.05, 0.1) is 16.9 Å². The second kappa shape index (κ2) is 5.14. The monoisotopic (exact) mass is 235 g/mol. The highest BCUT2D eigenvalue weighted by atomic mass is 35.5. The van der Waals surface area contributed by atoms with Crippen LogP contribution < -0.4 is 5.73 Å². The van der Waals surface area contributed by atoms with E-state index in [4.69, 9.17) is 17.3 Å². The molecule has 0 spiro atoms. The Kier molecular flexibility index (Phi) is 3.59. The smallest absolute Gasteiger partial charge is 0.0831 e. The molecule has 0 radical (unpaired) electrons. The molecule has 0 bridgehead atoms. The molecule has 0 aliphatic rings. The van der Waals surface area contributed by atoms with Gasteiger partial charge in [-0.3, -0.25) is 0 Å². The Bertz CT molecular complexity index is 465. The molecule has 2 rings (SSSR count). The number of hydrogen-bond acceptors (Lipinski definition) is 2. The SMILES string of the molecule is NCCCc1cnn(-c2ccccc2Cl)c1. The van der Waals surface area contributed by atoms with Gasteiger partial charge in [0, 0.05) is 6.20 Å². The predicted octanol–water partition coefficient (Wildman–Crippen LogP) is 2.42. The molecule has 0 atom stereocenters. The van der Waals surface area contributed by atoms with Gasteiger partial charge in [0.15, 0.2) is 0 Å². The largest absolute Gasteiger partial charge is 0.330 e. The molecule has 1 aromatic heterocycles. The molecule has 0 aliphatic heterocycles. The minimum absolute atomic E-state index is 0.705. The summed E-state index contributed by atoms with van der Waals surface area (Å²) in [5, 5.41) is 5.00. The van der Waals surface area contributed by atoms with E-state index >= 15 is 0 Å². The van der Waals surface area contributed by atoms with Crippen LogP contribution in [0, 0.1) is 0 Å². The normalized spacial score (nSPS) is 10.6. The molecule has 16 heavy (non-hydrogen) atoms. The van der Waals surface area contributed by atoms with E-state index in [1.165, 1.54) is 5.56 Å². The van der Waals surface area contributed by atoms with Crippen molar-refractivity contribution in [2.45, 2.75) is 12.8 Å². The number of aryl methyl sites for hydroxylation is 1. The number of hydrogen-bond donors (Lipinski definition) is 1. The maximum Gasteiger partial charge on any atom is 0.0831 e. The molecule has 0 aliphatic carbocycles. The number of para-hydroxylation sites is 1. The van der Waals surface area contributed by atoms with Gasteiger partial charge in [-0.05, 0) is 37.1 Å². The Hall–Kier alpha value is -1.32. The van der Waals surface area contributed by atoms with E-state index in [2.05, 4.69) is 5.10 Å². The first-order chi connectivity index (χ1) is 7.81. The fourth-order valence-corrected chi connectivity index (χ4v) is 1.79. The molecule has 1 aromatic carbocycles. The lowest BCUT2D eigenvalue weighted by Gasteiger charge is -2.02. The summed E-state index contributed by atoms with van der Waals surface area (Å²) in [7, 11) is 0. The van der Waals surface area contributed by atoms with Crippen molar-refractivity contribution in [3.63, 3.8) is 0 Å². The molecule has 2 N–H and O–H groups in total. The van der Waals surface area contributed by atoms with Gasteiger partial charge in [0.25, 0.3) is 0 Å². The summed E-state index contributed by atoms with van der Waals surface area (Å²) in [6, 6.07) is 7.66. The fraction of sp³-hybridized carbons (Fsp3) is 0.250. The lowest BCUT2D eigenvalue weighted by Crippen LogP contribution is -1.99. The van der Waals surface area contributed by atoms with E-state index in [9.17, 15) is 0 Å². The highest BCUT2D eigenvalue weighted by Gasteiger charge is 2.03. The fourth-order valence-electron chi connectivity index (χ4n) is 1.56. The number of nitrogens with two attached hydrogens (primary N) is 1. The average Bonchev–Trinajstić information content (AvgIpc) is 2.75. The van der Waals surface area contributed by atoms with Crippen LogP contribution in [0.2, 0.25) is 5.02 Å². The molecule has 0 saturated carbocycles. The standard InChI is InChI=1S/C12H14ClN3/c13-11-5-1-2-6-12(11)16-9-10(8-15-16)4-3-7-14/h1-2,5-6,8-9H,3-4,7,14H2. The Morgan fingerprint density at radius 2 is 2.12 bits per heavy atom. The van der Waals surface area contributed by atoms with E-state index in [0.717, 1.165) is 18.5 Å². The molecule has 0 amide bonds. The summed E-state index contributed by atoms with van der Waals surface area (Å²) in [6.07, 6.45) is 5.80. The van der Waals surface area contributed by atoms with Crippen LogP contribution in [-0.4, -0.2) is 16.3 Å². The molecule has 4 heteroatoms. The van der Waals surface area contributed by atoms with Gasteiger partial charge >= 0.3 is 0 Å². The molecule has 2 aromatic rings. The highest BCUT2D eigenvalue weighted by Crippen LogP contribution is 2.19. The molecule has 0 unspecified atom stereocenters. The van der Waals surface area contributed by atoms with Crippen LogP contribution in [0.1, 0.15) is 12.0 Å². The van der Waals surface area contributed by atoms with Crippen molar-refractivity contribution >= 4 is 11.6 Å². The van der Waals surface area contributed by atoms with Crippen LogP contribution in [-0.2, 0) is 6.42 Å². The van der Waals surface area contributed by atoms with Crippen LogP contribution in [0.15, 0.2) is 36.7 Å². The molecular weight excluding hydrogens is 222 g/mol. The molecule has 0 fully saturated rings. The summed E-state index contributed by atoms with van der Waals surface area (Å²) < 4.78 is 1.80. The molecule has 84 valence electrons. The number of halogens is 1. The van der Waals surface area contributed by atoms with E-state index in [1.807, 2.05) is 36.7 Å². The third-order valence-electron chi connectivity index (χ3n) is 2.40. The Balaban J connectivity index is 2.22. The van der Waals surface area contributed by atoms with Crippen molar-refractivity contribution in [2.24, 2.45) is 5.73 Å². The van der Waals surface area contributed by atoms with Crippen LogP contribution in [0.5, 0.6) is 0 Å². The third-order valence-corrected chi connectivity index (χ3v) is 2.72.